The zero-order valence-corrected chi connectivity index (χ0v) is 11.0. The van der Waals surface area contributed by atoms with Crippen LogP contribution in [0, 0.1) is 9.39 Å². The van der Waals surface area contributed by atoms with E-state index in [0.29, 0.717) is 0 Å². The van der Waals surface area contributed by atoms with Crippen molar-refractivity contribution in [1.82, 2.24) is 10.6 Å². The predicted molar refractivity (Wildman–Crippen MR) is 69.4 cm³/mol. The molecule has 0 amide bonds. The van der Waals surface area contributed by atoms with Crippen molar-refractivity contribution in [3.63, 3.8) is 0 Å². The fourth-order valence-electron chi connectivity index (χ4n) is 1.24. The normalized spacial score (nSPS) is 10.6. The van der Waals surface area contributed by atoms with Gasteiger partial charge in [0.1, 0.15) is 5.82 Å². The van der Waals surface area contributed by atoms with Gasteiger partial charge in [-0.3, -0.25) is 0 Å². The van der Waals surface area contributed by atoms with Crippen LogP contribution in [0.25, 0.3) is 0 Å². The maximum Gasteiger partial charge on any atom is 0.124 e. The van der Waals surface area contributed by atoms with Gasteiger partial charge in [-0.2, -0.15) is 0 Å². The SMILES string of the molecule is CCNCCNCc1ccc(F)cc1I. The summed E-state index contributed by atoms with van der Waals surface area (Å²) >= 11 is 2.16. The molecule has 0 fully saturated rings. The number of hydrogen-bond acceptors (Lipinski definition) is 2. The van der Waals surface area contributed by atoms with E-state index in [2.05, 4.69) is 40.1 Å². The van der Waals surface area contributed by atoms with E-state index in [1.54, 1.807) is 6.07 Å². The molecule has 0 aliphatic carbocycles. The summed E-state index contributed by atoms with van der Waals surface area (Å²) in [5, 5.41) is 6.54. The van der Waals surface area contributed by atoms with Crippen molar-refractivity contribution in [3.05, 3.63) is 33.1 Å². The summed E-state index contributed by atoms with van der Waals surface area (Å²) in [6, 6.07) is 4.89. The van der Waals surface area contributed by atoms with Crippen molar-refractivity contribution >= 4 is 22.6 Å². The molecule has 2 N–H and O–H groups in total. The molecule has 0 bridgehead atoms. The van der Waals surface area contributed by atoms with Crippen LogP contribution in [0.15, 0.2) is 18.2 Å². The first-order chi connectivity index (χ1) is 7.24. The smallest absolute Gasteiger partial charge is 0.124 e. The van der Waals surface area contributed by atoms with Gasteiger partial charge in [0.05, 0.1) is 0 Å². The highest BCUT2D eigenvalue weighted by molar-refractivity contribution is 14.1. The molecule has 0 unspecified atom stereocenters. The lowest BCUT2D eigenvalue weighted by Gasteiger charge is -2.07. The maximum absolute atomic E-state index is 12.8. The Bertz CT molecular complexity index is 305. The molecule has 1 rings (SSSR count). The second-order valence-corrected chi connectivity index (χ2v) is 4.43. The van der Waals surface area contributed by atoms with Gasteiger partial charge < -0.3 is 10.6 Å². The Labute approximate surface area is 104 Å². The molecule has 0 spiro atoms. The van der Waals surface area contributed by atoms with Crippen molar-refractivity contribution in [2.45, 2.75) is 13.5 Å². The van der Waals surface area contributed by atoms with Gasteiger partial charge in [-0.15, -0.1) is 0 Å². The fourth-order valence-corrected chi connectivity index (χ4v) is 1.91. The molecule has 0 saturated heterocycles. The molecule has 0 radical (unpaired) electrons. The number of benzene rings is 1. The Hall–Kier alpha value is -0.200. The number of rotatable bonds is 6. The van der Waals surface area contributed by atoms with Crippen LogP contribution in [0.5, 0.6) is 0 Å². The third kappa shape index (κ3) is 4.90. The Morgan fingerprint density at radius 3 is 2.67 bits per heavy atom. The second-order valence-electron chi connectivity index (χ2n) is 3.27. The van der Waals surface area contributed by atoms with Gasteiger partial charge >= 0.3 is 0 Å². The molecule has 4 heteroatoms. The van der Waals surface area contributed by atoms with E-state index in [0.717, 1.165) is 35.3 Å². The Morgan fingerprint density at radius 1 is 1.27 bits per heavy atom. The van der Waals surface area contributed by atoms with Crippen molar-refractivity contribution in [1.29, 1.82) is 0 Å². The van der Waals surface area contributed by atoms with Crippen LogP contribution >= 0.6 is 22.6 Å². The van der Waals surface area contributed by atoms with E-state index in [1.807, 2.05) is 6.07 Å². The lowest BCUT2D eigenvalue weighted by Crippen LogP contribution is -2.26. The highest BCUT2D eigenvalue weighted by atomic mass is 127. The van der Waals surface area contributed by atoms with Crippen LogP contribution in [0.4, 0.5) is 4.39 Å². The molecule has 0 atom stereocenters. The predicted octanol–water partition coefficient (Wildman–Crippen LogP) is 2.13. The number of halogens is 2. The van der Waals surface area contributed by atoms with E-state index < -0.39 is 0 Å². The average molecular weight is 322 g/mol. The van der Waals surface area contributed by atoms with Crippen molar-refractivity contribution in [3.8, 4) is 0 Å². The first-order valence-electron chi connectivity index (χ1n) is 5.09. The van der Waals surface area contributed by atoms with Crippen LogP contribution in [0.2, 0.25) is 0 Å². The molecule has 1 aromatic rings. The van der Waals surface area contributed by atoms with Gasteiger partial charge in [0.2, 0.25) is 0 Å². The van der Waals surface area contributed by atoms with Crippen molar-refractivity contribution in [2.24, 2.45) is 0 Å². The third-order valence-corrected chi connectivity index (χ3v) is 3.06. The van der Waals surface area contributed by atoms with E-state index >= 15 is 0 Å². The molecule has 0 aromatic heterocycles. The highest BCUT2D eigenvalue weighted by Crippen LogP contribution is 2.13. The molecular formula is C11H16FIN2. The molecular weight excluding hydrogens is 306 g/mol. The molecule has 0 aliphatic rings. The largest absolute Gasteiger partial charge is 0.316 e. The lowest BCUT2D eigenvalue weighted by atomic mass is 10.2. The summed E-state index contributed by atoms with van der Waals surface area (Å²) < 4.78 is 13.8. The molecule has 0 heterocycles. The molecule has 0 aliphatic heterocycles. The van der Waals surface area contributed by atoms with Crippen LogP contribution < -0.4 is 10.6 Å². The average Bonchev–Trinajstić information content (AvgIpc) is 2.20. The number of hydrogen-bond donors (Lipinski definition) is 2. The summed E-state index contributed by atoms with van der Waals surface area (Å²) in [5.41, 5.74) is 1.15. The zero-order chi connectivity index (χ0) is 11.1. The van der Waals surface area contributed by atoms with Crippen LogP contribution in [-0.4, -0.2) is 19.6 Å². The van der Waals surface area contributed by atoms with Gasteiger partial charge in [0.25, 0.3) is 0 Å². The highest BCUT2D eigenvalue weighted by Gasteiger charge is 2.00. The van der Waals surface area contributed by atoms with E-state index in [4.69, 9.17) is 0 Å². The molecule has 84 valence electrons. The summed E-state index contributed by atoms with van der Waals surface area (Å²) in [4.78, 5) is 0. The first-order valence-corrected chi connectivity index (χ1v) is 6.17. The lowest BCUT2D eigenvalue weighted by molar-refractivity contribution is 0.614. The third-order valence-electron chi connectivity index (χ3n) is 2.06. The van der Waals surface area contributed by atoms with Crippen LogP contribution in [0.1, 0.15) is 12.5 Å². The fraction of sp³-hybridized carbons (Fsp3) is 0.455. The monoisotopic (exact) mass is 322 g/mol. The van der Waals surface area contributed by atoms with Gasteiger partial charge in [-0.25, -0.2) is 4.39 Å². The van der Waals surface area contributed by atoms with E-state index in [-0.39, 0.29) is 5.82 Å². The van der Waals surface area contributed by atoms with Crippen molar-refractivity contribution < 1.29 is 4.39 Å². The first kappa shape index (κ1) is 12.9. The topological polar surface area (TPSA) is 24.1 Å². The zero-order valence-electron chi connectivity index (χ0n) is 8.82. The van der Waals surface area contributed by atoms with Gasteiger partial charge in [0.15, 0.2) is 0 Å². The van der Waals surface area contributed by atoms with Gasteiger partial charge in [-0.05, 0) is 46.8 Å². The van der Waals surface area contributed by atoms with Crippen molar-refractivity contribution in [2.75, 3.05) is 19.6 Å². The molecule has 2 nitrogen and oxygen atoms in total. The van der Waals surface area contributed by atoms with E-state index in [9.17, 15) is 4.39 Å². The quantitative estimate of drug-likeness (QED) is 0.619. The van der Waals surface area contributed by atoms with Gasteiger partial charge in [0, 0.05) is 23.2 Å². The summed E-state index contributed by atoms with van der Waals surface area (Å²) in [5.74, 6) is -0.171. The summed E-state index contributed by atoms with van der Waals surface area (Å²) in [6.45, 7) is 5.78. The van der Waals surface area contributed by atoms with E-state index in [1.165, 1.54) is 6.07 Å². The molecule has 1 aromatic carbocycles. The summed E-state index contributed by atoms with van der Waals surface area (Å²) in [7, 11) is 0. The Kier molecular flexibility index (Phi) is 6.12. The molecule has 15 heavy (non-hydrogen) atoms. The Balaban J connectivity index is 2.31. The summed E-state index contributed by atoms with van der Waals surface area (Å²) in [6.07, 6.45) is 0. The minimum Gasteiger partial charge on any atom is -0.316 e. The minimum absolute atomic E-state index is 0.171. The molecule has 0 saturated carbocycles. The van der Waals surface area contributed by atoms with Crippen LogP contribution in [-0.2, 0) is 6.54 Å². The standard InChI is InChI=1S/C11H16FIN2/c1-2-14-5-6-15-8-9-3-4-10(12)7-11(9)13/h3-4,7,14-15H,2,5-6,8H2,1H3. The van der Waals surface area contributed by atoms with Crippen LogP contribution in [0.3, 0.4) is 0 Å². The number of nitrogens with one attached hydrogen (secondary N) is 2. The maximum atomic E-state index is 12.8. The Morgan fingerprint density at radius 2 is 2.00 bits per heavy atom. The minimum atomic E-state index is -0.171. The van der Waals surface area contributed by atoms with Gasteiger partial charge in [-0.1, -0.05) is 13.0 Å². The number of likely N-dealkylation sites (N-methyl/N-ethyl adjacent to an activating group) is 1. The second kappa shape index (κ2) is 7.14.